The molecule has 0 aliphatic carbocycles. The third kappa shape index (κ3) is 3.89. The van der Waals surface area contributed by atoms with Gasteiger partial charge in [-0.15, -0.1) is 0 Å². The Bertz CT molecular complexity index is 431. The van der Waals surface area contributed by atoms with Gasteiger partial charge < -0.3 is 15.3 Å². The summed E-state index contributed by atoms with van der Waals surface area (Å²) in [5, 5.41) is 13.1. The van der Waals surface area contributed by atoms with E-state index in [0.717, 1.165) is 31.7 Å². The van der Waals surface area contributed by atoms with E-state index in [0.29, 0.717) is 18.7 Å². The van der Waals surface area contributed by atoms with Crippen LogP contribution in [0.2, 0.25) is 0 Å². The molecule has 0 atom stereocenters. The van der Waals surface area contributed by atoms with E-state index in [1.807, 2.05) is 25.1 Å². The lowest BCUT2D eigenvalue weighted by molar-refractivity contribution is 0.229. The zero-order valence-electron chi connectivity index (χ0n) is 11.6. The number of aromatic hydroxyl groups is 1. The third-order valence-electron chi connectivity index (χ3n) is 3.30. The van der Waals surface area contributed by atoms with E-state index < -0.39 is 5.82 Å². The molecule has 106 valence electrons. The standard InChI is InChI=1S/C14H22FN3O/c1-17(2)9-11-7-12(14(19)13(15)8-11)10-18-5-3-16-4-6-18/h7-8,16,19H,3-6,9-10H2,1-2H3. The van der Waals surface area contributed by atoms with Crippen molar-refractivity contribution in [1.82, 2.24) is 15.1 Å². The van der Waals surface area contributed by atoms with Crippen LogP contribution in [0.4, 0.5) is 4.39 Å². The molecule has 5 heteroatoms. The molecule has 0 spiro atoms. The van der Waals surface area contributed by atoms with Gasteiger partial charge >= 0.3 is 0 Å². The molecule has 0 amide bonds. The van der Waals surface area contributed by atoms with Crippen molar-refractivity contribution in [2.75, 3.05) is 40.3 Å². The van der Waals surface area contributed by atoms with Gasteiger partial charge in [0.25, 0.3) is 0 Å². The van der Waals surface area contributed by atoms with Crippen LogP contribution in [0.15, 0.2) is 12.1 Å². The SMILES string of the molecule is CN(C)Cc1cc(F)c(O)c(CN2CCNCC2)c1. The van der Waals surface area contributed by atoms with Crippen LogP contribution in [-0.2, 0) is 13.1 Å². The minimum atomic E-state index is -0.524. The smallest absolute Gasteiger partial charge is 0.165 e. The number of rotatable bonds is 4. The van der Waals surface area contributed by atoms with Crippen LogP contribution >= 0.6 is 0 Å². The van der Waals surface area contributed by atoms with Gasteiger partial charge in [-0.05, 0) is 31.8 Å². The molecule has 19 heavy (non-hydrogen) atoms. The van der Waals surface area contributed by atoms with Crippen molar-refractivity contribution in [2.24, 2.45) is 0 Å². The first-order chi connectivity index (χ1) is 9.06. The van der Waals surface area contributed by atoms with E-state index in [-0.39, 0.29) is 5.75 Å². The Morgan fingerprint density at radius 2 is 2.00 bits per heavy atom. The maximum Gasteiger partial charge on any atom is 0.165 e. The molecule has 2 N–H and O–H groups in total. The third-order valence-corrected chi connectivity index (χ3v) is 3.30. The average molecular weight is 267 g/mol. The highest BCUT2D eigenvalue weighted by Crippen LogP contribution is 2.25. The lowest BCUT2D eigenvalue weighted by atomic mass is 10.1. The first-order valence-electron chi connectivity index (χ1n) is 6.64. The Morgan fingerprint density at radius 3 is 2.63 bits per heavy atom. The number of nitrogens with one attached hydrogen (secondary N) is 1. The molecule has 0 unspecified atom stereocenters. The zero-order valence-corrected chi connectivity index (χ0v) is 11.6. The molecule has 0 radical (unpaired) electrons. The minimum absolute atomic E-state index is 0.207. The molecule has 0 saturated carbocycles. The maximum absolute atomic E-state index is 13.7. The molecular formula is C14H22FN3O. The van der Waals surface area contributed by atoms with Crippen LogP contribution in [0.3, 0.4) is 0 Å². The second kappa shape index (κ2) is 6.32. The van der Waals surface area contributed by atoms with E-state index in [2.05, 4.69) is 10.2 Å². The monoisotopic (exact) mass is 267 g/mol. The van der Waals surface area contributed by atoms with E-state index in [1.165, 1.54) is 6.07 Å². The lowest BCUT2D eigenvalue weighted by Crippen LogP contribution is -2.42. The number of benzene rings is 1. The highest BCUT2D eigenvalue weighted by molar-refractivity contribution is 5.37. The number of hydrogen-bond acceptors (Lipinski definition) is 4. The molecule has 1 heterocycles. The molecule has 1 aliphatic rings. The predicted octanol–water partition coefficient (Wildman–Crippen LogP) is 0.998. The maximum atomic E-state index is 13.7. The van der Waals surface area contributed by atoms with Crippen LogP contribution in [-0.4, -0.2) is 55.2 Å². The average Bonchev–Trinajstić information content (AvgIpc) is 2.36. The molecule has 0 aromatic heterocycles. The topological polar surface area (TPSA) is 38.7 Å². The number of phenols is 1. The highest BCUT2D eigenvalue weighted by Gasteiger charge is 2.15. The van der Waals surface area contributed by atoms with Crippen molar-refractivity contribution in [3.63, 3.8) is 0 Å². The second-order valence-corrected chi connectivity index (χ2v) is 5.35. The predicted molar refractivity (Wildman–Crippen MR) is 73.6 cm³/mol. The second-order valence-electron chi connectivity index (χ2n) is 5.35. The van der Waals surface area contributed by atoms with Crippen LogP contribution in [0, 0.1) is 5.82 Å². The van der Waals surface area contributed by atoms with E-state index in [9.17, 15) is 9.50 Å². The normalized spacial score (nSPS) is 17.1. The molecule has 1 aromatic rings. The Balaban J connectivity index is 2.15. The van der Waals surface area contributed by atoms with Crippen molar-refractivity contribution in [3.05, 3.63) is 29.1 Å². The summed E-state index contributed by atoms with van der Waals surface area (Å²) in [5.41, 5.74) is 1.57. The Kier molecular flexibility index (Phi) is 4.74. The molecule has 0 bridgehead atoms. The van der Waals surface area contributed by atoms with Gasteiger partial charge in [0.05, 0.1) is 0 Å². The summed E-state index contributed by atoms with van der Waals surface area (Å²) < 4.78 is 13.7. The molecule has 1 fully saturated rings. The van der Waals surface area contributed by atoms with Gasteiger partial charge in [-0.25, -0.2) is 4.39 Å². The van der Waals surface area contributed by atoms with Gasteiger partial charge in [0.15, 0.2) is 11.6 Å². The summed E-state index contributed by atoms with van der Waals surface area (Å²) in [4.78, 5) is 4.21. The molecule has 4 nitrogen and oxygen atoms in total. The van der Waals surface area contributed by atoms with Gasteiger partial charge in [-0.1, -0.05) is 0 Å². The number of hydrogen-bond donors (Lipinski definition) is 2. The van der Waals surface area contributed by atoms with Crippen LogP contribution in [0.1, 0.15) is 11.1 Å². The van der Waals surface area contributed by atoms with Crippen molar-refractivity contribution in [1.29, 1.82) is 0 Å². The Morgan fingerprint density at radius 1 is 1.32 bits per heavy atom. The highest BCUT2D eigenvalue weighted by atomic mass is 19.1. The summed E-state index contributed by atoms with van der Waals surface area (Å²) in [6.07, 6.45) is 0. The summed E-state index contributed by atoms with van der Waals surface area (Å²) in [7, 11) is 3.89. The number of phenolic OH excluding ortho intramolecular Hbond substituents is 1. The molecule has 2 rings (SSSR count). The van der Waals surface area contributed by atoms with Crippen molar-refractivity contribution < 1.29 is 9.50 Å². The largest absolute Gasteiger partial charge is 0.505 e. The van der Waals surface area contributed by atoms with Crippen molar-refractivity contribution >= 4 is 0 Å². The quantitative estimate of drug-likeness (QED) is 0.853. The van der Waals surface area contributed by atoms with Crippen LogP contribution in [0.5, 0.6) is 5.75 Å². The van der Waals surface area contributed by atoms with Gasteiger partial charge in [-0.2, -0.15) is 0 Å². The van der Waals surface area contributed by atoms with Crippen molar-refractivity contribution in [3.8, 4) is 5.75 Å². The first kappa shape index (κ1) is 14.2. The van der Waals surface area contributed by atoms with Gasteiger partial charge in [-0.3, -0.25) is 4.90 Å². The summed E-state index contributed by atoms with van der Waals surface area (Å²) in [5.74, 6) is -0.731. The molecule has 1 saturated heterocycles. The first-order valence-corrected chi connectivity index (χ1v) is 6.64. The Hall–Kier alpha value is -1.17. The minimum Gasteiger partial charge on any atom is -0.505 e. The molecule has 1 aliphatic heterocycles. The Labute approximate surface area is 113 Å². The van der Waals surface area contributed by atoms with E-state index in [1.54, 1.807) is 0 Å². The van der Waals surface area contributed by atoms with Gasteiger partial charge in [0, 0.05) is 44.8 Å². The summed E-state index contributed by atoms with van der Waals surface area (Å²) in [6, 6.07) is 3.32. The summed E-state index contributed by atoms with van der Waals surface area (Å²) >= 11 is 0. The fraction of sp³-hybridized carbons (Fsp3) is 0.571. The fourth-order valence-corrected chi connectivity index (χ4v) is 2.41. The zero-order chi connectivity index (χ0) is 13.8. The molecular weight excluding hydrogens is 245 g/mol. The lowest BCUT2D eigenvalue weighted by Gasteiger charge is -2.27. The molecule has 1 aromatic carbocycles. The number of piperazine rings is 1. The van der Waals surface area contributed by atoms with E-state index in [4.69, 9.17) is 0 Å². The number of nitrogens with zero attached hydrogens (tertiary/aromatic N) is 2. The van der Waals surface area contributed by atoms with Gasteiger partial charge in [0.1, 0.15) is 0 Å². The van der Waals surface area contributed by atoms with E-state index >= 15 is 0 Å². The fourth-order valence-electron chi connectivity index (χ4n) is 2.41. The van der Waals surface area contributed by atoms with Gasteiger partial charge in [0.2, 0.25) is 0 Å². The van der Waals surface area contributed by atoms with Crippen LogP contribution in [0.25, 0.3) is 0 Å². The summed E-state index contributed by atoms with van der Waals surface area (Å²) in [6.45, 7) is 5.02. The van der Waals surface area contributed by atoms with Crippen LogP contribution < -0.4 is 5.32 Å². The van der Waals surface area contributed by atoms with Crippen molar-refractivity contribution in [2.45, 2.75) is 13.1 Å². The number of halogens is 1.